The molecule has 0 aliphatic heterocycles. The van der Waals surface area contributed by atoms with Crippen LogP contribution in [0.2, 0.25) is 0 Å². The summed E-state index contributed by atoms with van der Waals surface area (Å²) in [5.74, 6) is -0.428. The third-order valence-corrected chi connectivity index (χ3v) is 4.98. The fourth-order valence-corrected chi connectivity index (χ4v) is 3.22. The van der Waals surface area contributed by atoms with E-state index in [1.54, 1.807) is 20.8 Å². The van der Waals surface area contributed by atoms with Crippen LogP contribution in [-0.2, 0) is 9.53 Å². The standard InChI is InChI=1S/C24H47N5O5/c1-5-6-7-8-9-10-11-12-13-14-17-26-20(30)19(25)16-15-18-27-21(28-22(31)32)29-23(33)34-24(2,3)4/h19H,5-18,25H2,1-4H3,(H,26,30)(H,31,32)(H2,27,28,29,33). The Morgan fingerprint density at radius 2 is 1.41 bits per heavy atom. The van der Waals surface area contributed by atoms with Crippen LogP contribution in [0.1, 0.15) is 105 Å². The maximum Gasteiger partial charge on any atom is 0.434 e. The number of rotatable bonds is 16. The Hall–Kier alpha value is -2.36. The smallest absolute Gasteiger partial charge is 0.434 e. The lowest BCUT2D eigenvalue weighted by atomic mass is 10.1. The molecule has 10 heteroatoms. The highest BCUT2D eigenvalue weighted by Gasteiger charge is 2.18. The second-order valence-corrected chi connectivity index (χ2v) is 9.52. The van der Waals surface area contributed by atoms with Gasteiger partial charge in [0.25, 0.3) is 0 Å². The molecule has 0 spiro atoms. The molecule has 0 bridgehead atoms. The van der Waals surface area contributed by atoms with E-state index in [0.717, 1.165) is 12.8 Å². The van der Waals surface area contributed by atoms with E-state index >= 15 is 0 Å². The lowest BCUT2D eigenvalue weighted by Crippen LogP contribution is -2.45. The highest BCUT2D eigenvalue weighted by molar-refractivity contribution is 5.98. The van der Waals surface area contributed by atoms with E-state index in [0.29, 0.717) is 19.4 Å². The molecule has 198 valence electrons. The van der Waals surface area contributed by atoms with Crippen molar-refractivity contribution in [2.75, 3.05) is 13.1 Å². The zero-order valence-electron chi connectivity index (χ0n) is 21.6. The van der Waals surface area contributed by atoms with Crippen molar-refractivity contribution >= 4 is 24.1 Å². The molecule has 0 aliphatic carbocycles. The van der Waals surface area contributed by atoms with Crippen LogP contribution >= 0.6 is 0 Å². The summed E-state index contributed by atoms with van der Waals surface area (Å²) >= 11 is 0. The first kappa shape index (κ1) is 31.6. The molecule has 1 atom stereocenters. The molecule has 0 aromatic rings. The molecule has 0 aromatic carbocycles. The maximum atomic E-state index is 12.1. The van der Waals surface area contributed by atoms with E-state index < -0.39 is 23.8 Å². The van der Waals surface area contributed by atoms with Crippen LogP contribution in [0.15, 0.2) is 4.99 Å². The zero-order chi connectivity index (χ0) is 25.8. The van der Waals surface area contributed by atoms with Crippen LogP contribution in [0.5, 0.6) is 0 Å². The van der Waals surface area contributed by atoms with E-state index in [1.807, 2.05) is 0 Å². The van der Waals surface area contributed by atoms with Crippen molar-refractivity contribution in [1.29, 1.82) is 0 Å². The van der Waals surface area contributed by atoms with Gasteiger partial charge in [0.1, 0.15) is 5.60 Å². The van der Waals surface area contributed by atoms with E-state index in [2.05, 4.69) is 27.9 Å². The Bertz CT molecular complexity index is 619. The molecule has 0 saturated carbocycles. The fourth-order valence-electron chi connectivity index (χ4n) is 3.22. The third-order valence-electron chi connectivity index (χ3n) is 4.98. The van der Waals surface area contributed by atoms with E-state index in [4.69, 9.17) is 15.6 Å². The normalized spacial score (nSPS) is 12.7. The van der Waals surface area contributed by atoms with Crippen LogP contribution in [0.3, 0.4) is 0 Å². The Balaban J connectivity index is 3.96. The van der Waals surface area contributed by atoms with Gasteiger partial charge in [0.15, 0.2) is 0 Å². The molecule has 0 saturated heterocycles. The lowest BCUT2D eigenvalue weighted by Gasteiger charge is -2.20. The molecular weight excluding hydrogens is 438 g/mol. The van der Waals surface area contributed by atoms with Gasteiger partial charge in [-0.2, -0.15) is 0 Å². The molecule has 0 fully saturated rings. The summed E-state index contributed by atoms with van der Waals surface area (Å²) < 4.78 is 5.08. The van der Waals surface area contributed by atoms with Gasteiger partial charge in [-0.3, -0.25) is 10.1 Å². The van der Waals surface area contributed by atoms with Gasteiger partial charge in [0.05, 0.1) is 6.04 Å². The summed E-state index contributed by atoms with van der Waals surface area (Å²) in [5.41, 5.74) is 5.21. The average Bonchev–Trinajstić information content (AvgIpc) is 2.72. The number of carboxylic acid groups (broad SMARTS) is 1. The summed E-state index contributed by atoms with van der Waals surface area (Å²) in [6, 6.07) is -0.649. The molecule has 0 rings (SSSR count). The van der Waals surface area contributed by atoms with E-state index in [-0.39, 0.29) is 18.4 Å². The van der Waals surface area contributed by atoms with Gasteiger partial charge in [0.2, 0.25) is 11.9 Å². The number of ether oxygens (including phenoxy) is 1. The predicted molar refractivity (Wildman–Crippen MR) is 135 cm³/mol. The molecule has 3 amide bonds. The Kier molecular flexibility index (Phi) is 17.7. The minimum absolute atomic E-state index is 0.192. The van der Waals surface area contributed by atoms with Crippen molar-refractivity contribution in [2.24, 2.45) is 10.7 Å². The Labute approximate surface area is 204 Å². The second-order valence-electron chi connectivity index (χ2n) is 9.52. The molecule has 0 heterocycles. The van der Waals surface area contributed by atoms with Gasteiger partial charge in [-0.05, 0) is 40.0 Å². The Morgan fingerprint density at radius 3 is 1.94 bits per heavy atom. The van der Waals surface area contributed by atoms with Crippen molar-refractivity contribution in [3.8, 4) is 0 Å². The number of alkyl carbamates (subject to hydrolysis) is 1. The molecule has 34 heavy (non-hydrogen) atoms. The number of nitrogens with zero attached hydrogens (tertiary/aromatic N) is 1. The Morgan fingerprint density at radius 1 is 0.882 bits per heavy atom. The lowest BCUT2D eigenvalue weighted by molar-refractivity contribution is -0.122. The largest absolute Gasteiger partial charge is 0.463 e. The molecule has 6 N–H and O–H groups in total. The molecular formula is C24H47N5O5. The molecule has 10 nitrogen and oxygen atoms in total. The van der Waals surface area contributed by atoms with Crippen LogP contribution in [0.4, 0.5) is 9.59 Å². The topological polar surface area (TPSA) is 155 Å². The van der Waals surface area contributed by atoms with Gasteiger partial charge in [-0.1, -0.05) is 64.7 Å². The van der Waals surface area contributed by atoms with Crippen LogP contribution < -0.4 is 21.7 Å². The minimum atomic E-state index is -1.46. The van der Waals surface area contributed by atoms with Gasteiger partial charge < -0.3 is 26.2 Å². The first-order valence-electron chi connectivity index (χ1n) is 12.6. The number of aliphatic imine (C=N–C) groups is 1. The molecule has 0 radical (unpaired) electrons. The number of unbranched alkanes of at least 4 members (excludes halogenated alkanes) is 9. The number of carbonyl (C=O) groups is 3. The molecule has 1 unspecified atom stereocenters. The van der Waals surface area contributed by atoms with Crippen LogP contribution in [0, 0.1) is 0 Å². The van der Waals surface area contributed by atoms with Crippen molar-refractivity contribution in [1.82, 2.24) is 16.0 Å². The summed E-state index contributed by atoms with van der Waals surface area (Å²) in [4.78, 5) is 38.1. The third kappa shape index (κ3) is 20.3. The molecule has 0 aliphatic rings. The van der Waals surface area contributed by atoms with E-state index in [9.17, 15) is 14.4 Å². The first-order chi connectivity index (χ1) is 16.0. The van der Waals surface area contributed by atoms with Crippen molar-refractivity contribution in [3.63, 3.8) is 0 Å². The average molecular weight is 486 g/mol. The maximum absolute atomic E-state index is 12.1. The summed E-state index contributed by atoms with van der Waals surface area (Å²) in [5, 5.41) is 16.7. The number of nitrogens with one attached hydrogen (secondary N) is 3. The van der Waals surface area contributed by atoms with Crippen LogP contribution in [0.25, 0.3) is 0 Å². The fraction of sp³-hybridized carbons (Fsp3) is 0.833. The zero-order valence-corrected chi connectivity index (χ0v) is 21.6. The van der Waals surface area contributed by atoms with E-state index in [1.165, 1.54) is 51.4 Å². The van der Waals surface area contributed by atoms with Gasteiger partial charge >= 0.3 is 12.2 Å². The predicted octanol–water partition coefficient (Wildman–Crippen LogP) is 4.28. The summed E-state index contributed by atoms with van der Waals surface area (Å²) in [6.45, 7) is 8.20. The molecule has 0 aromatic heterocycles. The first-order valence-corrected chi connectivity index (χ1v) is 12.6. The van der Waals surface area contributed by atoms with Crippen molar-refractivity contribution in [2.45, 2.75) is 116 Å². The number of nitrogens with two attached hydrogens (primary N) is 1. The number of carbonyl (C=O) groups excluding carboxylic acids is 2. The monoisotopic (exact) mass is 485 g/mol. The number of amides is 3. The SMILES string of the molecule is CCCCCCCCCCCCNC(=O)C(N)CCCN/C(=N\C(=O)O)NC(=O)OC(C)(C)C. The van der Waals surface area contributed by atoms with Gasteiger partial charge in [-0.25, -0.2) is 9.59 Å². The quantitative estimate of drug-likeness (QED) is 0.124. The number of hydrogen-bond acceptors (Lipinski definition) is 5. The second kappa shape index (κ2) is 19.0. The van der Waals surface area contributed by atoms with Gasteiger partial charge in [-0.15, -0.1) is 4.99 Å². The summed E-state index contributed by atoms with van der Waals surface area (Å²) in [6.07, 6.45) is 11.0. The van der Waals surface area contributed by atoms with Crippen molar-refractivity contribution in [3.05, 3.63) is 0 Å². The highest BCUT2D eigenvalue weighted by Crippen LogP contribution is 2.10. The van der Waals surface area contributed by atoms with Gasteiger partial charge in [0, 0.05) is 13.1 Å². The highest BCUT2D eigenvalue weighted by atomic mass is 16.6. The van der Waals surface area contributed by atoms with Crippen LogP contribution in [-0.4, -0.2) is 53.9 Å². The summed E-state index contributed by atoms with van der Waals surface area (Å²) in [7, 11) is 0. The minimum Gasteiger partial charge on any atom is -0.463 e. The number of guanidine groups is 1. The van der Waals surface area contributed by atoms with Crippen molar-refractivity contribution < 1.29 is 24.2 Å². The number of hydrogen-bond donors (Lipinski definition) is 5.